The summed E-state index contributed by atoms with van der Waals surface area (Å²) in [5.74, 6) is 0. The van der Waals surface area contributed by atoms with Gasteiger partial charge in [-0.1, -0.05) is 166 Å². The minimum Gasteiger partial charge on any atom is -0.310 e. The summed E-state index contributed by atoms with van der Waals surface area (Å²) in [6, 6.07) is 70.6. The molecule has 0 bridgehead atoms. The fourth-order valence-corrected chi connectivity index (χ4v) is 10.7. The van der Waals surface area contributed by atoms with Crippen LogP contribution in [0.3, 0.4) is 0 Å². The van der Waals surface area contributed by atoms with Crippen LogP contribution in [-0.4, -0.2) is 0 Å². The van der Waals surface area contributed by atoms with E-state index < -0.39 is 0 Å². The number of anilines is 3. The average molecular weight is 718 g/mol. The first-order valence-corrected chi connectivity index (χ1v) is 19.9. The molecule has 0 saturated carbocycles. The van der Waals surface area contributed by atoms with E-state index in [4.69, 9.17) is 0 Å². The second-order valence-electron chi connectivity index (χ2n) is 16.8. The van der Waals surface area contributed by atoms with E-state index in [0.717, 1.165) is 17.1 Å². The number of benzene rings is 8. The van der Waals surface area contributed by atoms with Crippen molar-refractivity contribution in [2.75, 3.05) is 4.90 Å². The summed E-state index contributed by atoms with van der Waals surface area (Å²) in [5.41, 5.74) is 21.5. The van der Waals surface area contributed by atoms with Crippen LogP contribution >= 0.6 is 0 Å². The Morgan fingerprint density at radius 1 is 0.286 bits per heavy atom. The third-order valence-corrected chi connectivity index (χ3v) is 13.6. The molecule has 0 N–H and O–H groups in total. The minimum absolute atomic E-state index is 0.0665. The second-order valence-corrected chi connectivity index (χ2v) is 16.8. The molecule has 0 fully saturated rings. The third-order valence-electron chi connectivity index (χ3n) is 13.6. The maximum absolute atomic E-state index is 2.51. The van der Waals surface area contributed by atoms with E-state index in [1.807, 2.05) is 0 Å². The lowest BCUT2D eigenvalue weighted by Crippen LogP contribution is -2.23. The summed E-state index contributed by atoms with van der Waals surface area (Å²) in [6.45, 7) is 9.54. The Bertz CT molecular complexity index is 2720. The van der Waals surface area contributed by atoms with Crippen molar-refractivity contribution in [1.82, 2.24) is 0 Å². The summed E-state index contributed by atoms with van der Waals surface area (Å²) in [4.78, 5) is 2.51. The molecule has 56 heavy (non-hydrogen) atoms. The highest BCUT2D eigenvalue weighted by Gasteiger charge is 2.43. The van der Waals surface area contributed by atoms with Gasteiger partial charge >= 0.3 is 0 Å². The van der Waals surface area contributed by atoms with Crippen molar-refractivity contribution in [2.45, 2.75) is 43.9 Å². The third kappa shape index (κ3) is 4.37. The SMILES string of the molecule is CC1(C)c2ccccc2-c2cc(N(c3ccc4c(c3)C(C)(c3ccccc3)c3ccccc3-4)c3ccc4c(c3)C(C)(c3ccccc3)c3ccccc3-4)ccc21. The van der Waals surface area contributed by atoms with Crippen LogP contribution < -0.4 is 4.90 Å². The predicted molar refractivity (Wildman–Crippen MR) is 234 cm³/mol. The highest BCUT2D eigenvalue weighted by atomic mass is 15.1. The topological polar surface area (TPSA) is 3.24 Å². The van der Waals surface area contributed by atoms with Gasteiger partial charge in [-0.05, 0) is 128 Å². The molecule has 8 aromatic carbocycles. The van der Waals surface area contributed by atoms with Crippen molar-refractivity contribution in [2.24, 2.45) is 0 Å². The van der Waals surface area contributed by atoms with Gasteiger partial charge in [0.15, 0.2) is 0 Å². The number of hydrogen-bond donors (Lipinski definition) is 0. The molecule has 0 spiro atoms. The lowest BCUT2D eigenvalue weighted by molar-refractivity contribution is 0.660. The van der Waals surface area contributed by atoms with Gasteiger partial charge in [0.05, 0.1) is 0 Å². The summed E-state index contributed by atoms with van der Waals surface area (Å²) in [5, 5.41) is 0. The molecule has 0 amide bonds. The first-order chi connectivity index (χ1) is 27.3. The summed E-state index contributed by atoms with van der Waals surface area (Å²) < 4.78 is 0. The average Bonchev–Trinajstić information content (AvgIpc) is 3.76. The highest BCUT2D eigenvalue weighted by molar-refractivity contribution is 5.92. The van der Waals surface area contributed by atoms with E-state index in [0.29, 0.717) is 0 Å². The quantitative estimate of drug-likeness (QED) is 0.171. The molecular weight excluding hydrogens is 675 g/mol. The number of nitrogens with zero attached hydrogens (tertiary/aromatic N) is 1. The molecule has 268 valence electrons. The van der Waals surface area contributed by atoms with Gasteiger partial charge in [-0.15, -0.1) is 0 Å². The van der Waals surface area contributed by atoms with E-state index in [1.165, 1.54) is 77.9 Å². The van der Waals surface area contributed by atoms with E-state index in [9.17, 15) is 0 Å². The first-order valence-electron chi connectivity index (χ1n) is 19.9. The van der Waals surface area contributed by atoms with Crippen LogP contribution in [0.2, 0.25) is 0 Å². The van der Waals surface area contributed by atoms with E-state index >= 15 is 0 Å². The molecular formula is C55H43N. The van der Waals surface area contributed by atoms with Crippen LogP contribution in [0.4, 0.5) is 17.1 Å². The van der Waals surface area contributed by atoms with Crippen LogP contribution in [0.1, 0.15) is 72.2 Å². The maximum Gasteiger partial charge on any atom is 0.0468 e. The molecule has 0 aliphatic heterocycles. The lowest BCUT2D eigenvalue weighted by Gasteiger charge is -2.32. The molecule has 1 heteroatoms. The normalized spacial score (nSPS) is 19.0. The largest absolute Gasteiger partial charge is 0.310 e. The highest BCUT2D eigenvalue weighted by Crippen LogP contribution is 2.57. The van der Waals surface area contributed by atoms with Gasteiger partial charge in [0.25, 0.3) is 0 Å². The van der Waals surface area contributed by atoms with Gasteiger partial charge in [0.2, 0.25) is 0 Å². The Labute approximate surface area is 330 Å². The Balaban J connectivity index is 1.16. The Kier molecular flexibility index (Phi) is 6.93. The van der Waals surface area contributed by atoms with Crippen LogP contribution in [0.15, 0.2) is 188 Å². The second kappa shape index (κ2) is 11.8. The molecule has 0 aromatic heterocycles. The van der Waals surface area contributed by atoms with Crippen molar-refractivity contribution in [3.8, 4) is 33.4 Å². The van der Waals surface area contributed by atoms with Crippen LogP contribution in [0.25, 0.3) is 33.4 Å². The van der Waals surface area contributed by atoms with Gasteiger partial charge in [-0.3, -0.25) is 0 Å². The Morgan fingerprint density at radius 2 is 0.643 bits per heavy atom. The summed E-state index contributed by atoms with van der Waals surface area (Å²) >= 11 is 0. The maximum atomic E-state index is 2.51. The number of rotatable bonds is 5. The molecule has 1 nitrogen and oxygen atoms in total. The molecule has 3 aliphatic carbocycles. The number of hydrogen-bond acceptors (Lipinski definition) is 1. The van der Waals surface area contributed by atoms with Crippen molar-refractivity contribution < 1.29 is 0 Å². The molecule has 8 aromatic rings. The van der Waals surface area contributed by atoms with Crippen LogP contribution in [0, 0.1) is 0 Å². The van der Waals surface area contributed by atoms with Gasteiger partial charge in [0.1, 0.15) is 0 Å². The summed E-state index contributed by atoms with van der Waals surface area (Å²) in [6.07, 6.45) is 0. The molecule has 0 radical (unpaired) electrons. The first kappa shape index (κ1) is 32.9. The standard InChI is InChI=1S/C55H43N/c1-53(2)47-24-14-11-23-43(47)46-33-38(29-32-48(46)53)56(39-27-30-44-41-21-12-15-25-49(41)54(3,51(44)34-39)36-17-7-5-8-18-36)40-28-31-45-42-22-13-16-26-50(42)55(4,52(45)35-40)37-19-9-6-10-20-37/h5-35H,1-4H3. The van der Waals surface area contributed by atoms with Gasteiger partial charge in [0, 0.05) is 33.3 Å². The van der Waals surface area contributed by atoms with E-state index in [-0.39, 0.29) is 16.2 Å². The molecule has 3 aliphatic rings. The minimum atomic E-state index is -0.304. The van der Waals surface area contributed by atoms with Gasteiger partial charge in [-0.25, -0.2) is 0 Å². The Hall–Kier alpha value is -6.44. The fraction of sp³-hybridized carbons (Fsp3) is 0.127. The monoisotopic (exact) mass is 717 g/mol. The van der Waals surface area contributed by atoms with Crippen LogP contribution in [0.5, 0.6) is 0 Å². The zero-order valence-electron chi connectivity index (χ0n) is 32.3. The number of fused-ring (bicyclic) bond motifs is 9. The fourth-order valence-electron chi connectivity index (χ4n) is 10.7. The molecule has 0 heterocycles. The van der Waals surface area contributed by atoms with Crippen molar-refractivity contribution in [1.29, 1.82) is 0 Å². The molecule has 2 atom stereocenters. The zero-order valence-corrected chi connectivity index (χ0v) is 32.3. The van der Waals surface area contributed by atoms with Crippen molar-refractivity contribution >= 4 is 17.1 Å². The van der Waals surface area contributed by atoms with E-state index in [2.05, 4.69) is 221 Å². The van der Waals surface area contributed by atoms with Gasteiger partial charge in [-0.2, -0.15) is 0 Å². The predicted octanol–water partition coefficient (Wildman–Crippen LogP) is 14.1. The van der Waals surface area contributed by atoms with Crippen molar-refractivity contribution in [3.05, 3.63) is 233 Å². The molecule has 0 saturated heterocycles. The van der Waals surface area contributed by atoms with E-state index in [1.54, 1.807) is 0 Å². The molecule has 11 rings (SSSR count). The van der Waals surface area contributed by atoms with Gasteiger partial charge < -0.3 is 4.90 Å². The molecule has 2 unspecified atom stereocenters. The summed E-state index contributed by atoms with van der Waals surface area (Å²) in [7, 11) is 0. The smallest absolute Gasteiger partial charge is 0.0468 e. The van der Waals surface area contributed by atoms with Crippen LogP contribution in [-0.2, 0) is 16.2 Å². The Morgan fingerprint density at radius 3 is 1.14 bits per heavy atom. The lowest BCUT2D eigenvalue weighted by atomic mass is 9.74. The zero-order chi connectivity index (χ0) is 37.8. The van der Waals surface area contributed by atoms with Crippen molar-refractivity contribution in [3.63, 3.8) is 0 Å².